The largest absolute Gasteiger partial charge is 0.351 e. The van der Waals surface area contributed by atoms with Gasteiger partial charge in [0.2, 0.25) is 5.91 Å². The predicted octanol–water partition coefficient (Wildman–Crippen LogP) is 2.24. The molecule has 0 atom stereocenters. The number of amides is 2. The molecular formula is C17H15F2N3O2. The van der Waals surface area contributed by atoms with E-state index in [9.17, 15) is 18.4 Å². The van der Waals surface area contributed by atoms with Crippen molar-refractivity contribution in [2.75, 3.05) is 6.54 Å². The highest BCUT2D eigenvalue weighted by Crippen LogP contribution is 2.05. The molecule has 0 spiro atoms. The molecule has 5 nitrogen and oxygen atoms in total. The molecule has 2 aromatic carbocycles. The van der Waals surface area contributed by atoms with E-state index >= 15 is 0 Å². The molecule has 0 saturated heterocycles. The molecule has 2 N–H and O–H groups in total. The molecule has 0 aliphatic carbocycles. The van der Waals surface area contributed by atoms with Crippen LogP contribution in [0.2, 0.25) is 0 Å². The van der Waals surface area contributed by atoms with E-state index in [0.717, 1.165) is 0 Å². The summed E-state index contributed by atoms with van der Waals surface area (Å²) in [4.78, 5) is 23.3. The van der Waals surface area contributed by atoms with Crippen LogP contribution >= 0.6 is 0 Å². The number of hydrogen-bond donors (Lipinski definition) is 2. The second kappa shape index (κ2) is 8.52. The lowest BCUT2D eigenvalue weighted by atomic mass is 10.2. The van der Waals surface area contributed by atoms with Crippen LogP contribution in [0.1, 0.15) is 22.3 Å². The molecule has 0 unspecified atom stereocenters. The molecule has 0 radical (unpaired) electrons. The Morgan fingerprint density at radius 1 is 1.04 bits per heavy atom. The van der Waals surface area contributed by atoms with E-state index in [0.29, 0.717) is 5.56 Å². The highest BCUT2D eigenvalue weighted by atomic mass is 19.1. The van der Waals surface area contributed by atoms with Gasteiger partial charge in [-0.05, 0) is 29.8 Å². The summed E-state index contributed by atoms with van der Waals surface area (Å²) in [5.74, 6) is -1.98. The van der Waals surface area contributed by atoms with E-state index in [1.165, 1.54) is 48.7 Å². The summed E-state index contributed by atoms with van der Waals surface area (Å²) in [6.45, 7) is 0.0467. The number of carbonyl (C=O) groups is 2. The smallest absolute Gasteiger partial charge is 0.254 e. The van der Waals surface area contributed by atoms with Gasteiger partial charge in [0, 0.05) is 13.0 Å². The van der Waals surface area contributed by atoms with Crippen LogP contribution in [0.5, 0.6) is 0 Å². The minimum atomic E-state index is -0.622. The summed E-state index contributed by atoms with van der Waals surface area (Å²) in [7, 11) is 0. The Labute approximate surface area is 137 Å². The van der Waals surface area contributed by atoms with Gasteiger partial charge in [0.15, 0.2) is 0 Å². The molecule has 0 saturated carbocycles. The van der Waals surface area contributed by atoms with Gasteiger partial charge < -0.3 is 5.32 Å². The van der Waals surface area contributed by atoms with Gasteiger partial charge >= 0.3 is 0 Å². The summed E-state index contributed by atoms with van der Waals surface area (Å²) in [6, 6.07) is 11.2. The number of hydrazone groups is 1. The molecule has 2 aromatic rings. The van der Waals surface area contributed by atoms with Crippen LogP contribution in [0.4, 0.5) is 8.78 Å². The Morgan fingerprint density at radius 3 is 2.46 bits per heavy atom. The van der Waals surface area contributed by atoms with E-state index < -0.39 is 17.6 Å². The number of nitrogens with zero attached hydrogens (tertiary/aromatic N) is 1. The fourth-order valence-electron chi connectivity index (χ4n) is 1.81. The molecule has 0 aliphatic heterocycles. The molecule has 0 aromatic heterocycles. The fourth-order valence-corrected chi connectivity index (χ4v) is 1.81. The molecule has 0 fully saturated rings. The van der Waals surface area contributed by atoms with E-state index in [2.05, 4.69) is 15.8 Å². The number of hydrogen-bond acceptors (Lipinski definition) is 3. The number of rotatable bonds is 6. The van der Waals surface area contributed by atoms with Gasteiger partial charge in [-0.15, -0.1) is 0 Å². The summed E-state index contributed by atoms with van der Waals surface area (Å²) < 4.78 is 26.1. The maximum atomic E-state index is 13.4. The number of benzene rings is 2. The Bertz CT molecular complexity index is 746. The van der Waals surface area contributed by atoms with Crippen LogP contribution in [0.3, 0.4) is 0 Å². The van der Waals surface area contributed by atoms with Gasteiger partial charge in [-0.2, -0.15) is 5.10 Å². The van der Waals surface area contributed by atoms with Crippen molar-refractivity contribution in [3.8, 4) is 0 Å². The third kappa shape index (κ3) is 5.28. The summed E-state index contributed by atoms with van der Waals surface area (Å²) >= 11 is 0. The van der Waals surface area contributed by atoms with Crippen molar-refractivity contribution in [3.05, 3.63) is 71.3 Å². The number of carbonyl (C=O) groups excluding carboxylic acids is 2. The van der Waals surface area contributed by atoms with E-state index in [1.807, 2.05) is 0 Å². The van der Waals surface area contributed by atoms with Crippen molar-refractivity contribution < 1.29 is 18.4 Å². The molecule has 124 valence electrons. The van der Waals surface area contributed by atoms with Crippen LogP contribution in [0.15, 0.2) is 53.6 Å². The van der Waals surface area contributed by atoms with Gasteiger partial charge in [0.1, 0.15) is 11.6 Å². The number of halogens is 2. The van der Waals surface area contributed by atoms with Crippen LogP contribution in [0, 0.1) is 11.6 Å². The average Bonchev–Trinajstić information content (AvgIpc) is 2.57. The van der Waals surface area contributed by atoms with Gasteiger partial charge in [-0.1, -0.05) is 24.3 Å². The molecule has 0 aliphatic rings. The first kappa shape index (κ1) is 17.3. The van der Waals surface area contributed by atoms with Gasteiger partial charge in [0.05, 0.1) is 11.8 Å². The highest BCUT2D eigenvalue weighted by molar-refractivity contribution is 5.94. The fraction of sp³-hybridized carbons (Fsp3) is 0.118. The Kier molecular flexibility index (Phi) is 6.13. The molecule has 24 heavy (non-hydrogen) atoms. The summed E-state index contributed by atoms with van der Waals surface area (Å²) in [6.07, 6.45) is 1.36. The second-order valence-corrected chi connectivity index (χ2v) is 4.83. The first-order valence-corrected chi connectivity index (χ1v) is 7.16. The average molecular weight is 331 g/mol. The van der Waals surface area contributed by atoms with Gasteiger partial charge in [-0.3, -0.25) is 9.59 Å². The van der Waals surface area contributed by atoms with Crippen molar-refractivity contribution in [2.45, 2.75) is 6.42 Å². The third-order valence-corrected chi connectivity index (χ3v) is 3.03. The standard InChI is InChI=1S/C17H15F2N3O2/c18-13-7-5-12(6-8-13)11-21-22-16(23)9-10-20-17(24)14-3-1-2-4-15(14)19/h1-8,11H,9-10H2,(H,20,24)(H,22,23). The zero-order chi connectivity index (χ0) is 17.4. The van der Waals surface area contributed by atoms with Crippen molar-refractivity contribution in [1.29, 1.82) is 0 Å². The van der Waals surface area contributed by atoms with Crippen LogP contribution in [-0.2, 0) is 4.79 Å². The Morgan fingerprint density at radius 2 is 1.75 bits per heavy atom. The minimum absolute atomic E-state index is 0.0129. The first-order chi connectivity index (χ1) is 11.6. The van der Waals surface area contributed by atoms with E-state index in [1.54, 1.807) is 6.07 Å². The lowest BCUT2D eigenvalue weighted by molar-refractivity contribution is -0.120. The van der Waals surface area contributed by atoms with E-state index in [4.69, 9.17) is 0 Å². The SMILES string of the molecule is O=C(CCNC(=O)c1ccccc1F)NN=Cc1ccc(F)cc1. The Balaban J connectivity index is 1.72. The summed E-state index contributed by atoms with van der Waals surface area (Å²) in [5, 5.41) is 6.17. The molecule has 2 rings (SSSR count). The second-order valence-electron chi connectivity index (χ2n) is 4.83. The zero-order valence-corrected chi connectivity index (χ0v) is 12.6. The van der Waals surface area contributed by atoms with Crippen molar-refractivity contribution >= 4 is 18.0 Å². The molecular weight excluding hydrogens is 316 g/mol. The van der Waals surface area contributed by atoms with Crippen LogP contribution < -0.4 is 10.7 Å². The van der Waals surface area contributed by atoms with Crippen molar-refractivity contribution in [1.82, 2.24) is 10.7 Å². The van der Waals surface area contributed by atoms with E-state index in [-0.39, 0.29) is 24.3 Å². The topological polar surface area (TPSA) is 70.6 Å². The van der Waals surface area contributed by atoms with Crippen molar-refractivity contribution in [2.24, 2.45) is 5.10 Å². The number of nitrogens with one attached hydrogen (secondary N) is 2. The Hall–Kier alpha value is -3.09. The third-order valence-electron chi connectivity index (χ3n) is 3.03. The molecule has 7 heteroatoms. The van der Waals surface area contributed by atoms with Gasteiger partial charge in [0.25, 0.3) is 5.91 Å². The molecule has 0 heterocycles. The quantitative estimate of drug-likeness (QED) is 0.629. The van der Waals surface area contributed by atoms with Gasteiger partial charge in [-0.25, -0.2) is 14.2 Å². The summed E-state index contributed by atoms with van der Waals surface area (Å²) in [5.41, 5.74) is 2.83. The lowest BCUT2D eigenvalue weighted by Crippen LogP contribution is -2.29. The zero-order valence-electron chi connectivity index (χ0n) is 12.6. The normalized spacial score (nSPS) is 10.6. The highest BCUT2D eigenvalue weighted by Gasteiger charge is 2.10. The molecule has 0 bridgehead atoms. The van der Waals surface area contributed by atoms with Crippen LogP contribution in [-0.4, -0.2) is 24.6 Å². The maximum Gasteiger partial charge on any atom is 0.254 e. The lowest BCUT2D eigenvalue weighted by Gasteiger charge is -2.05. The minimum Gasteiger partial charge on any atom is -0.351 e. The maximum absolute atomic E-state index is 13.4. The van der Waals surface area contributed by atoms with Crippen LogP contribution in [0.25, 0.3) is 0 Å². The van der Waals surface area contributed by atoms with Crippen molar-refractivity contribution in [3.63, 3.8) is 0 Å². The predicted molar refractivity (Wildman–Crippen MR) is 85.5 cm³/mol. The molecule has 2 amide bonds. The first-order valence-electron chi connectivity index (χ1n) is 7.16. The monoisotopic (exact) mass is 331 g/mol.